The largest absolute Gasteiger partial charge is 0.407 e. The van der Waals surface area contributed by atoms with Crippen LogP contribution in [-0.4, -0.2) is 30.2 Å². The summed E-state index contributed by atoms with van der Waals surface area (Å²) in [6.07, 6.45) is -3.50. The zero-order valence-corrected chi connectivity index (χ0v) is 9.34. The van der Waals surface area contributed by atoms with Crippen molar-refractivity contribution in [2.45, 2.75) is 12.2 Å². The summed E-state index contributed by atoms with van der Waals surface area (Å²) in [7, 11) is 3.09. The molecule has 0 amide bonds. The Bertz CT molecular complexity index is 380. The van der Waals surface area contributed by atoms with E-state index in [-0.39, 0.29) is 16.5 Å². The molecule has 4 nitrogen and oxygen atoms in total. The summed E-state index contributed by atoms with van der Waals surface area (Å²) < 4.78 is 37.5. The molecule has 1 atom stereocenters. The van der Waals surface area contributed by atoms with Crippen molar-refractivity contribution in [3.05, 3.63) is 17.0 Å². The standard InChI is InChI=1S/C8H10ClF3N4/c1-16(2)7-4(5(13)8(10,11)12)6(9)14-3-15-7/h3,5H,13H2,1-2H3. The highest BCUT2D eigenvalue weighted by atomic mass is 35.5. The number of aromatic nitrogens is 2. The summed E-state index contributed by atoms with van der Waals surface area (Å²) in [5, 5.41) is -0.288. The Hall–Kier alpha value is -1.08. The summed E-state index contributed by atoms with van der Waals surface area (Å²) in [5.41, 5.74) is 4.78. The SMILES string of the molecule is CN(C)c1ncnc(Cl)c1C(N)C(F)(F)F. The van der Waals surface area contributed by atoms with Gasteiger partial charge in [0.15, 0.2) is 0 Å². The molecule has 0 aliphatic heterocycles. The van der Waals surface area contributed by atoms with Gasteiger partial charge in [0.25, 0.3) is 0 Å². The fourth-order valence-electron chi connectivity index (χ4n) is 1.15. The van der Waals surface area contributed by atoms with E-state index in [0.29, 0.717) is 0 Å². The van der Waals surface area contributed by atoms with Gasteiger partial charge < -0.3 is 10.6 Å². The highest BCUT2D eigenvalue weighted by molar-refractivity contribution is 6.30. The van der Waals surface area contributed by atoms with E-state index in [4.69, 9.17) is 17.3 Å². The van der Waals surface area contributed by atoms with Crippen molar-refractivity contribution in [1.29, 1.82) is 0 Å². The predicted octanol–water partition coefficient (Wildman–Crippen LogP) is 1.76. The summed E-state index contributed by atoms with van der Waals surface area (Å²) in [5.74, 6) is 0.0600. The van der Waals surface area contributed by atoms with E-state index in [1.165, 1.54) is 4.90 Å². The van der Waals surface area contributed by atoms with Crippen molar-refractivity contribution in [2.75, 3.05) is 19.0 Å². The normalized spacial score (nSPS) is 13.7. The number of halogens is 4. The van der Waals surface area contributed by atoms with E-state index >= 15 is 0 Å². The molecule has 2 N–H and O–H groups in total. The molecule has 0 aliphatic carbocycles. The van der Waals surface area contributed by atoms with Gasteiger partial charge in [0.1, 0.15) is 23.3 Å². The highest BCUT2D eigenvalue weighted by Gasteiger charge is 2.41. The molecular weight excluding hydrogens is 245 g/mol. The van der Waals surface area contributed by atoms with Crippen LogP contribution in [0.25, 0.3) is 0 Å². The lowest BCUT2D eigenvalue weighted by atomic mass is 10.1. The fraction of sp³-hybridized carbons (Fsp3) is 0.500. The summed E-state index contributed by atoms with van der Waals surface area (Å²) >= 11 is 5.62. The highest BCUT2D eigenvalue weighted by Crippen LogP contribution is 2.37. The second-order valence-electron chi connectivity index (χ2n) is 3.32. The zero-order chi connectivity index (χ0) is 12.5. The van der Waals surface area contributed by atoms with Crippen LogP contribution in [0.4, 0.5) is 19.0 Å². The molecule has 0 saturated heterocycles. The molecule has 0 aromatic carbocycles. The summed E-state index contributed by atoms with van der Waals surface area (Å²) in [4.78, 5) is 8.63. The summed E-state index contributed by atoms with van der Waals surface area (Å²) in [6, 6.07) is -2.20. The minimum atomic E-state index is -4.58. The van der Waals surface area contributed by atoms with Gasteiger partial charge in [0.05, 0.1) is 5.56 Å². The molecule has 16 heavy (non-hydrogen) atoms. The van der Waals surface area contributed by atoms with Crippen molar-refractivity contribution < 1.29 is 13.2 Å². The van der Waals surface area contributed by atoms with E-state index in [2.05, 4.69) is 9.97 Å². The molecule has 0 aliphatic rings. The van der Waals surface area contributed by atoms with Crippen molar-refractivity contribution in [3.63, 3.8) is 0 Å². The molecule has 0 fully saturated rings. The first-order valence-corrected chi connectivity index (χ1v) is 4.63. The Morgan fingerprint density at radius 3 is 2.38 bits per heavy atom. The van der Waals surface area contributed by atoms with Crippen LogP contribution in [0.5, 0.6) is 0 Å². The number of hydrogen-bond acceptors (Lipinski definition) is 4. The van der Waals surface area contributed by atoms with Gasteiger partial charge in [-0.25, -0.2) is 9.97 Å². The van der Waals surface area contributed by atoms with Crippen molar-refractivity contribution in [3.8, 4) is 0 Å². The molecule has 0 saturated carbocycles. The minimum Gasteiger partial charge on any atom is -0.362 e. The van der Waals surface area contributed by atoms with Crippen LogP contribution < -0.4 is 10.6 Å². The molecule has 1 aromatic rings. The van der Waals surface area contributed by atoms with E-state index in [1.807, 2.05) is 0 Å². The monoisotopic (exact) mass is 254 g/mol. The average Bonchev–Trinajstić information content (AvgIpc) is 2.14. The number of rotatable bonds is 2. The fourth-order valence-corrected chi connectivity index (χ4v) is 1.40. The smallest absolute Gasteiger partial charge is 0.362 e. The van der Waals surface area contributed by atoms with Gasteiger partial charge in [-0.2, -0.15) is 13.2 Å². The molecule has 0 bridgehead atoms. The number of nitrogens with two attached hydrogens (primary N) is 1. The van der Waals surface area contributed by atoms with Crippen molar-refractivity contribution in [2.24, 2.45) is 5.73 Å². The van der Waals surface area contributed by atoms with Crippen LogP contribution >= 0.6 is 11.6 Å². The third-order valence-electron chi connectivity index (χ3n) is 1.90. The van der Waals surface area contributed by atoms with E-state index in [9.17, 15) is 13.2 Å². The second-order valence-corrected chi connectivity index (χ2v) is 3.67. The van der Waals surface area contributed by atoms with Crippen LogP contribution in [0.15, 0.2) is 6.33 Å². The molecule has 90 valence electrons. The Morgan fingerprint density at radius 1 is 1.38 bits per heavy atom. The Labute approximate surface area is 95.2 Å². The zero-order valence-electron chi connectivity index (χ0n) is 8.59. The lowest BCUT2D eigenvalue weighted by Crippen LogP contribution is -2.31. The third kappa shape index (κ3) is 2.53. The molecule has 1 unspecified atom stereocenters. The van der Waals surface area contributed by atoms with Crippen molar-refractivity contribution in [1.82, 2.24) is 9.97 Å². The molecule has 1 heterocycles. The van der Waals surface area contributed by atoms with Crippen LogP contribution in [0.2, 0.25) is 5.15 Å². The molecule has 0 radical (unpaired) electrons. The lowest BCUT2D eigenvalue weighted by Gasteiger charge is -2.22. The summed E-state index contributed by atoms with van der Waals surface area (Å²) in [6.45, 7) is 0. The predicted molar refractivity (Wildman–Crippen MR) is 54.4 cm³/mol. The van der Waals surface area contributed by atoms with Crippen LogP contribution in [0, 0.1) is 0 Å². The van der Waals surface area contributed by atoms with Gasteiger partial charge in [-0.1, -0.05) is 11.6 Å². The molecule has 1 aromatic heterocycles. The number of alkyl halides is 3. The average molecular weight is 255 g/mol. The minimum absolute atomic E-state index is 0.0600. The first kappa shape index (κ1) is 13.0. The molecular formula is C8H10ClF3N4. The maximum Gasteiger partial charge on any atom is 0.407 e. The molecule has 8 heteroatoms. The van der Waals surface area contributed by atoms with E-state index in [1.54, 1.807) is 14.1 Å². The van der Waals surface area contributed by atoms with Gasteiger partial charge in [0, 0.05) is 14.1 Å². The van der Waals surface area contributed by atoms with Gasteiger partial charge in [-0.15, -0.1) is 0 Å². The van der Waals surface area contributed by atoms with Crippen LogP contribution in [-0.2, 0) is 0 Å². The van der Waals surface area contributed by atoms with Crippen molar-refractivity contribution >= 4 is 17.4 Å². The third-order valence-corrected chi connectivity index (χ3v) is 2.20. The number of nitrogens with zero attached hydrogens (tertiary/aromatic N) is 3. The van der Waals surface area contributed by atoms with Crippen LogP contribution in [0.3, 0.4) is 0 Å². The van der Waals surface area contributed by atoms with Gasteiger partial charge >= 0.3 is 6.18 Å². The quantitative estimate of drug-likeness (QED) is 0.817. The van der Waals surface area contributed by atoms with Gasteiger partial charge in [-0.05, 0) is 0 Å². The Balaban J connectivity index is 3.31. The second kappa shape index (κ2) is 4.42. The number of anilines is 1. The topological polar surface area (TPSA) is 55.0 Å². The Kier molecular flexibility index (Phi) is 3.59. The maximum atomic E-state index is 12.5. The maximum absolute atomic E-state index is 12.5. The van der Waals surface area contributed by atoms with Gasteiger partial charge in [0.2, 0.25) is 0 Å². The molecule has 1 rings (SSSR count). The van der Waals surface area contributed by atoms with Gasteiger partial charge in [-0.3, -0.25) is 0 Å². The van der Waals surface area contributed by atoms with Crippen LogP contribution in [0.1, 0.15) is 11.6 Å². The first-order valence-electron chi connectivity index (χ1n) is 4.25. The number of hydrogen-bond donors (Lipinski definition) is 1. The Morgan fingerprint density at radius 2 is 1.94 bits per heavy atom. The molecule has 0 spiro atoms. The first-order chi connectivity index (χ1) is 7.25. The van der Waals surface area contributed by atoms with E-state index < -0.39 is 12.2 Å². The van der Waals surface area contributed by atoms with E-state index in [0.717, 1.165) is 6.33 Å². The lowest BCUT2D eigenvalue weighted by molar-refractivity contribution is -0.149.